The van der Waals surface area contributed by atoms with Crippen LogP contribution in [0.25, 0.3) is 0 Å². The van der Waals surface area contributed by atoms with E-state index in [4.69, 9.17) is 4.74 Å². The molecule has 140 valence electrons. The first kappa shape index (κ1) is 24.0. The fourth-order valence-electron chi connectivity index (χ4n) is 3.97. The summed E-state index contributed by atoms with van der Waals surface area (Å²) in [4.78, 5) is 18.0. The average molecular weight is 389 g/mol. The number of carbonyl (C=O) groups excluding carboxylic acids is 1. The fourth-order valence-corrected chi connectivity index (χ4v) is 3.97. The Balaban J connectivity index is 0.00000338. The molecular weight excluding hydrogens is 359 g/mol. The summed E-state index contributed by atoms with van der Waals surface area (Å²) in [6.07, 6.45) is 4.33. The molecule has 1 heterocycles. The molecule has 1 aromatic rings. The van der Waals surface area contributed by atoms with Crippen LogP contribution in [-0.2, 0) is 11.3 Å². The number of rotatable bonds is 8. The molecule has 0 saturated heterocycles. The molecule has 0 bridgehead atoms. The molecule has 1 unspecified atom stereocenters. The number of aryl methyl sites for hydroxylation is 1. The number of ether oxygens (including phenoxy) is 1. The number of likely N-dealkylation sites (N-methyl/N-ethyl adjacent to an activating group) is 1. The van der Waals surface area contributed by atoms with E-state index >= 15 is 0 Å². The maximum absolute atomic E-state index is 11.5. The number of nitrogens with zero attached hydrogens (tertiary/aromatic N) is 2. The molecule has 1 aromatic heterocycles. The molecule has 26 heavy (non-hydrogen) atoms. The van der Waals surface area contributed by atoms with Crippen LogP contribution in [0.15, 0.2) is 6.20 Å². The topological polar surface area (TPSA) is 85.7 Å². The van der Waals surface area contributed by atoms with Gasteiger partial charge >= 0.3 is 51.4 Å². The molecule has 1 aliphatic carbocycles. The van der Waals surface area contributed by atoms with Gasteiger partial charge in [-0.15, -0.1) is 0 Å². The number of methoxy groups -OCH3 is 1. The van der Waals surface area contributed by atoms with Gasteiger partial charge in [-0.25, -0.2) is 0 Å². The van der Waals surface area contributed by atoms with Crippen LogP contribution >= 0.6 is 0 Å². The monoisotopic (exact) mass is 388 g/mol. The molecule has 0 radical (unpaired) electrons. The van der Waals surface area contributed by atoms with Crippen molar-refractivity contribution in [1.82, 2.24) is 9.88 Å². The average Bonchev–Trinajstić information content (AvgIpc) is 3.00. The van der Waals surface area contributed by atoms with Crippen molar-refractivity contribution >= 4 is 5.97 Å². The van der Waals surface area contributed by atoms with Crippen LogP contribution < -0.4 is 61.2 Å². The number of hydrogen-bond donors (Lipinski definition) is 1. The molecule has 0 aromatic carbocycles. The van der Waals surface area contributed by atoms with Gasteiger partial charge in [-0.1, -0.05) is 12.8 Å². The predicted octanol–water partition coefficient (Wildman–Crippen LogP) is -1.80. The zero-order valence-corrected chi connectivity index (χ0v) is 19.8. The van der Waals surface area contributed by atoms with Crippen molar-refractivity contribution in [3.63, 3.8) is 0 Å². The first-order valence-corrected chi connectivity index (χ1v) is 8.86. The smallest absolute Gasteiger partial charge is 0.550 e. The number of aliphatic carboxylic acids is 1. The third-order valence-corrected chi connectivity index (χ3v) is 5.31. The van der Waals surface area contributed by atoms with Crippen LogP contribution in [0, 0.1) is 19.3 Å². The van der Waals surface area contributed by atoms with E-state index in [1.165, 1.54) is 0 Å². The minimum Gasteiger partial charge on any atom is -0.550 e. The van der Waals surface area contributed by atoms with Crippen LogP contribution in [0.1, 0.15) is 48.9 Å². The number of carbonyl (C=O) groups is 1. The van der Waals surface area contributed by atoms with Gasteiger partial charge in [0.2, 0.25) is 0 Å². The van der Waals surface area contributed by atoms with Crippen molar-refractivity contribution in [3.8, 4) is 5.75 Å². The van der Waals surface area contributed by atoms with Gasteiger partial charge in [0, 0.05) is 41.8 Å². The summed E-state index contributed by atoms with van der Waals surface area (Å²) in [5.74, 6) is -0.187. The third kappa shape index (κ3) is 5.74. The molecular formula is C19H29KN2O4. The molecule has 2 rings (SSSR count). The van der Waals surface area contributed by atoms with Crippen LogP contribution in [-0.4, -0.2) is 47.8 Å². The molecule has 6 nitrogen and oxygen atoms in total. The Bertz CT molecular complexity index is 618. The van der Waals surface area contributed by atoms with Crippen LogP contribution in [0.2, 0.25) is 0 Å². The second-order valence-electron chi connectivity index (χ2n) is 7.38. The van der Waals surface area contributed by atoms with E-state index < -0.39 is 17.5 Å². The van der Waals surface area contributed by atoms with E-state index in [2.05, 4.69) is 4.98 Å². The van der Waals surface area contributed by atoms with Gasteiger partial charge < -0.3 is 19.7 Å². The van der Waals surface area contributed by atoms with Crippen molar-refractivity contribution in [3.05, 3.63) is 23.0 Å². The number of aliphatic hydroxyl groups is 1. The standard InChI is InChI=1S/C19H30N2O4.K/c1-13-10-20-16(14(2)17(13)25-4)12-21(3)11-15(22)9-19(18(23)24)7-5-6-8-19;/h10,15,22H,5-9,11-12H2,1-4H3,(H,23,24);/q;+1/p-1. The van der Waals surface area contributed by atoms with Gasteiger partial charge in [-0.2, -0.15) is 0 Å². The number of carboxylic acid groups (broad SMARTS) is 1. The van der Waals surface area contributed by atoms with Gasteiger partial charge in [-0.05, 0) is 40.2 Å². The van der Waals surface area contributed by atoms with Gasteiger partial charge in [0.1, 0.15) is 5.75 Å². The number of carboxylic acids is 1. The Morgan fingerprint density at radius 1 is 1.42 bits per heavy atom. The molecule has 0 amide bonds. The number of pyridine rings is 1. The zero-order valence-electron chi connectivity index (χ0n) is 16.7. The van der Waals surface area contributed by atoms with Gasteiger partial charge in [0.05, 0.1) is 18.9 Å². The van der Waals surface area contributed by atoms with E-state index in [0.717, 1.165) is 35.4 Å². The van der Waals surface area contributed by atoms with Gasteiger partial charge in [-0.3, -0.25) is 9.88 Å². The number of hydrogen-bond acceptors (Lipinski definition) is 6. The van der Waals surface area contributed by atoms with Crippen molar-refractivity contribution in [1.29, 1.82) is 0 Å². The Morgan fingerprint density at radius 2 is 2.04 bits per heavy atom. The molecule has 1 fully saturated rings. The summed E-state index contributed by atoms with van der Waals surface area (Å²) in [6.45, 7) is 4.89. The Labute approximate surface area is 198 Å². The van der Waals surface area contributed by atoms with E-state index in [0.29, 0.717) is 25.9 Å². The summed E-state index contributed by atoms with van der Waals surface area (Å²) in [6, 6.07) is 0. The Morgan fingerprint density at radius 3 is 2.58 bits per heavy atom. The summed E-state index contributed by atoms with van der Waals surface area (Å²) in [5.41, 5.74) is 2.02. The summed E-state index contributed by atoms with van der Waals surface area (Å²) < 4.78 is 5.43. The molecule has 1 saturated carbocycles. The Hall–Kier alpha value is -0.0236. The van der Waals surface area contributed by atoms with E-state index in [1.807, 2.05) is 25.8 Å². The molecule has 1 aliphatic rings. The van der Waals surface area contributed by atoms with Gasteiger partial charge in [0.15, 0.2) is 0 Å². The van der Waals surface area contributed by atoms with E-state index in [-0.39, 0.29) is 57.8 Å². The molecule has 1 atom stereocenters. The maximum atomic E-state index is 11.5. The zero-order chi connectivity index (χ0) is 18.6. The SMILES string of the molecule is COc1c(C)cnc(CN(C)CC(O)CC2(C(=O)[O-])CCCC2)c1C.[K+]. The van der Waals surface area contributed by atoms with Crippen molar-refractivity contribution < 1.29 is 71.1 Å². The summed E-state index contributed by atoms with van der Waals surface area (Å²) in [5, 5.41) is 21.9. The van der Waals surface area contributed by atoms with E-state index in [1.54, 1.807) is 13.3 Å². The van der Waals surface area contributed by atoms with Crippen LogP contribution in [0.5, 0.6) is 5.75 Å². The summed E-state index contributed by atoms with van der Waals surface area (Å²) >= 11 is 0. The molecule has 0 aliphatic heterocycles. The summed E-state index contributed by atoms with van der Waals surface area (Å²) in [7, 11) is 3.55. The minimum absolute atomic E-state index is 0. The fraction of sp³-hybridized carbons (Fsp3) is 0.684. The quantitative estimate of drug-likeness (QED) is 0.529. The van der Waals surface area contributed by atoms with Gasteiger partial charge in [0.25, 0.3) is 0 Å². The third-order valence-electron chi connectivity index (χ3n) is 5.31. The van der Waals surface area contributed by atoms with Crippen molar-refractivity contribution in [2.45, 2.75) is 58.6 Å². The normalized spacial score (nSPS) is 17.0. The molecule has 7 heteroatoms. The first-order valence-electron chi connectivity index (χ1n) is 8.86. The Kier molecular flexibility index (Phi) is 9.70. The second kappa shape index (κ2) is 10.5. The van der Waals surface area contributed by atoms with E-state index in [9.17, 15) is 15.0 Å². The van der Waals surface area contributed by atoms with Crippen molar-refractivity contribution in [2.75, 3.05) is 20.7 Å². The van der Waals surface area contributed by atoms with Crippen LogP contribution in [0.4, 0.5) is 0 Å². The van der Waals surface area contributed by atoms with Crippen LogP contribution in [0.3, 0.4) is 0 Å². The van der Waals surface area contributed by atoms with Crippen molar-refractivity contribution in [2.24, 2.45) is 5.41 Å². The largest absolute Gasteiger partial charge is 1.00 e. The number of aromatic nitrogens is 1. The molecule has 0 spiro atoms. The predicted molar refractivity (Wildman–Crippen MR) is 93.1 cm³/mol. The first-order chi connectivity index (χ1) is 11.8. The maximum Gasteiger partial charge on any atom is 1.00 e. The second-order valence-corrected chi connectivity index (χ2v) is 7.38. The minimum atomic E-state index is -1.02. The number of aliphatic hydroxyl groups excluding tert-OH is 1. The molecule has 1 N–H and O–H groups in total.